The number of fused-ring (bicyclic) bond motifs is 5. The van der Waals surface area contributed by atoms with Crippen LogP contribution in [-0.4, -0.2) is 51.2 Å². The van der Waals surface area contributed by atoms with Gasteiger partial charge in [-0.3, -0.25) is 23.4 Å². The van der Waals surface area contributed by atoms with Gasteiger partial charge in [-0.25, -0.2) is 23.0 Å². The SMILES string of the molecule is CNc1nc2nc([C@H](Cc3cc(F)cc(F)c3)NC(=O)Cn3nc(C(F)(F)F)c4c3C(F)(F)[C@@H]3C=C[C@H]43)c(-c3cccc4c(NS(=O)O)nn(C)c34)cc2s1. The van der Waals surface area contributed by atoms with Crippen LogP contribution in [0.1, 0.15) is 40.2 Å². The van der Waals surface area contributed by atoms with Crippen molar-refractivity contribution in [2.45, 2.75) is 37.0 Å². The molecule has 6 aromatic rings. The summed E-state index contributed by atoms with van der Waals surface area (Å²) in [6.45, 7) is -1.07. The number of hydrogen-bond acceptors (Lipinski definition) is 8. The molecule has 0 fully saturated rings. The molecule has 4 atom stereocenters. The summed E-state index contributed by atoms with van der Waals surface area (Å²) in [4.78, 5) is 23.2. The van der Waals surface area contributed by atoms with Crippen molar-refractivity contribution < 1.29 is 44.3 Å². The van der Waals surface area contributed by atoms with Crippen LogP contribution in [0.4, 0.5) is 41.7 Å². The van der Waals surface area contributed by atoms with E-state index in [-0.39, 0.29) is 29.1 Å². The van der Waals surface area contributed by atoms with Gasteiger partial charge >= 0.3 is 6.18 Å². The summed E-state index contributed by atoms with van der Waals surface area (Å²) < 4.78 is 128. The molecule has 8 rings (SSSR count). The predicted octanol–water partition coefficient (Wildman–Crippen LogP) is 6.80. The fourth-order valence-corrected chi connectivity index (χ4v) is 8.43. The van der Waals surface area contributed by atoms with Gasteiger partial charge in [0, 0.05) is 48.2 Å². The number of thiazole rings is 1. The summed E-state index contributed by atoms with van der Waals surface area (Å²) in [6, 6.07) is 8.07. The van der Waals surface area contributed by atoms with Crippen molar-refractivity contribution in [3.8, 4) is 11.1 Å². The van der Waals surface area contributed by atoms with Gasteiger partial charge in [0.15, 0.2) is 22.3 Å². The predicted molar refractivity (Wildman–Crippen MR) is 189 cm³/mol. The number of nitrogens with one attached hydrogen (secondary N) is 3. The number of aromatic nitrogens is 6. The lowest BCUT2D eigenvalue weighted by Crippen LogP contribution is -2.36. The minimum absolute atomic E-state index is 0.0500. The summed E-state index contributed by atoms with van der Waals surface area (Å²) in [5.74, 6) is -9.35. The number of pyridine rings is 1. The third-order valence-corrected chi connectivity index (χ3v) is 10.9. The molecule has 4 heterocycles. The molecule has 0 saturated carbocycles. The van der Waals surface area contributed by atoms with Crippen molar-refractivity contribution in [3.05, 3.63) is 94.5 Å². The van der Waals surface area contributed by atoms with Crippen LogP contribution in [0.15, 0.2) is 54.6 Å². The Labute approximate surface area is 311 Å². The number of allylic oxidation sites excluding steroid dienone is 2. The highest BCUT2D eigenvalue weighted by molar-refractivity contribution is 7.80. The van der Waals surface area contributed by atoms with Gasteiger partial charge in [-0.2, -0.15) is 32.1 Å². The monoisotopic (exact) mass is 805 g/mol. The number of halogens is 7. The highest BCUT2D eigenvalue weighted by Crippen LogP contribution is 2.60. The lowest BCUT2D eigenvalue weighted by molar-refractivity contribution is -0.142. The maximum atomic E-state index is 15.5. The van der Waals surface area contributed by atoms with Crippen molar-refractivity contribution in [2.75, 3.05) is 17.1 Å². The second-order valence-electron chi connectivity index (χ2n) is 13.0. The first-order chi connectivity index (χ1) is 26.0. The van der Waals surface area contributed by atoms with Crippen LogP contribution >= 0.6 is 11.3 Å². The number of amides is 1. The summed E-state index contributed by atoms with van der Waals surface area (Å²) in [5, 5.41) is 14.3. The Hall–Kier alpha value is -5.41. The molecule has 21 heteroatoms. The van der Waals surface area contributed by atoms with E-state index in [0.717, 1.165) is 18.2 Å². The van der Waals surface area contributed by atoms with E-state index in [1.54, 1.807) is 38.4 Å². The van der Waals surface area contributed by atoms with E-state index in [0.29, 0.717) is 42.6 Å². The van der Waals surface area contributed by atoms with Gasteiger partial charge < -0.3 is 10.6 Å². The number of anilines is 2. The Morgan fingerprint density at radius 1 is 1.07 bits per heavy atom. The molecule has 2 aliphatic carbocycles. The van der Waals surface area contributed by atoms with Crippen LogP contribution in [0.3, 0.4) is 0 Å². The van der Waals surface area contributed by atoms with Crippen molar-refractivity contribution in [3.63, 3.8) is 0 Å². The van der Waals surface area contributed by atoms with Crippen molar-refractivity contribution >= 4 is 60.7 Å². The average Bonchev–Trinajstić information content (AvgIpc) is 3.78. The molecular formula is C34H26F7N9O3S2. The number of rotatable bonds is 10. The molecule has 1 amide bonds. The van der Waals surface area contributed by atoms with Gasteiger partial charge in [0.25, 0.3) is 17.2 Å². The van der Waals surface area contributed by atoms with Gasteiger partial charge in [-0.15, -0.1) is 0 Å². The second-order valence-corrected chi connectivity index (χ2v) is 14.7. The summed E-state index contributed by atoms with van der Waals surface area (Å²) in [5.41, 5.74) is -1.65. The molecule has 0 saturated heterocycles. The summed E-state index contributed by atoms with van der Waals surface area (Å²) in [6.07, 6.45) is -3.06. The number of nitrogens with zero attached hydrogens (tertiary/aromatic N) is 6. The Balaban J connectivity index is 1.27. The Morgan fingerprint density at radius 3 is 2.47 bits per heavy atom. The van der Waals surface area contributed by atoms with Crippen LogP contribution in [-0.2, 0) is 48.2 Å². The Bertz CT molecular complexity index is 2580. The summed E-state index contributed by atoms with van der Waals surface area (Å²) >= 11 is -1.24. The number of aryl methyl sites for hydroxylation is 1. The van der Waals surface area contributed by atoms with Crippen LogP contribution < -0.4 is 15.4 Å². The number of hydrogen-bond donors (Lipinski definition) is 4. The standard InChI is InChI=1S/C34H26F7N9O3S2/c1-42-32-45-31-23(54-32)12-20(17-4-3-5-19-27(17)49(2)47-30(19)48-55(52)53)26(44-31)22(10-14-8-15(35)11-16(36)9-14)43-24(51)13-50-29-25(28(46-50)34(39,40)41)18-6-7-21(18)33(29,37)38/h3-9,11-12,18,21-22H,10,13H2,1-2H3,(H,43,51)(H,47,48)(H,52,53)(H,42,44,45)/t18-,21+,22-/m0/s1. The molecule has 4 aromatic heterocycles. The highest BCUT2D eigenvalue weighted by atomic mass is 32.2. The first-order valence-corrected chi connectivity index (χ1v) is 18.3. The third-order valence-electron chi connectivity index (χ3n) is 9.52. The lowest BCUT2D eigenvalue weighted by atomic mass is 9.81. The number of carbonyl (C=O) groups excluding carboxylic acids is 1. The van der Waals surface area contributed by atoms with Crippen LogP contribution in [0.25, 0.3) is 32.4 Å². The molecule has 4 N–H and O–H groups in total. The maximum absolute atomic E-state index is 15.5. The minimum Gasteiger partial charge on any atom is -0.365 e. The first kappa shape index (κ1) is 36.6. The van der Waals surface area contributed by atoms with E-state index in [1.165, 1.54) is 22.1 Å². The van der Waals surface area contributed by atoms with Crippen molar-refractivity contribution in [1.82, 2.24) is 34.8 Å². The molecule has 55 heavy (non-hydrogen) atoms. The van der Waals surface area contributed by atoms with Crippen LogP contribution in [0.5, 0.6) is 0 Å². The second kappa shape index (κ2) is 13.1. The fraction of sp³-hybridized carbons (Fsp3) is 0.265. The van der Waals surface area contributed by atoms with Crippen molar-refractivity contribution in [2.24, 2.45) is 13.0 Å². The van der Waals surface area contributed by atoms with E-state index in [2.05, 4.69) is 30.5 Å². The molecule has 0 spiro atoms. The average molecular weight is 806 g/mol. The van der Waals surface area contributed by atoms with E-state index in [4.69, 9.17) is 4.98 Å². The molecule has 286 valence electrons. The summed E-state index contributed by atoms with van der Waals surface area (Å²) in [7, 11) is 3.22. The topological polar surface area (TPSA) is 152 Å². The Kier molecular flexibility index (Phi) is 8.72. The maximum Gasteiger partial charge on any atom is 0.435 e. The minimum atomic E-state index is -5.09. The van der Waals surface area contributed by atoms with Gasteiger partial charge in [0.1, 0.15) is 23.9 Å². The van der Waals surface area contributed by atoms with E-state index < -0.39 is 82.3 Å². The lowest BCUT2D eigenvalue weighted by Gasteiger charge is -2.27. The largest absolute Gasteiger partial charge is 0.435 e. The van der Waals surface area contributed by atoms with Gasteiger partial charge in [0.2, 0.25) is 5.91 Å². The molecule has 2 aromatic carbocycles. The number of benzene rings is 2. The molecule has 12 nitrogen and oxygen atoms in total. The first-order valence-electron chi connectivity index (χ1n) is 16.3. The molecule has 0 radical (unpaired) electrons. The number of alkyl halides is 5. The zero-order valence-corrected chi connectivity index (χ0v) is 29.9. The van der Waals surface area contributed by atoms with Crippen LogP contribution in [0.2, 0.25) is 0 Å². The smallest absolute Gasteiger partial charge is 0.365 e. The van der Waals surface area contributed by atoms with E-state index in [9.17, 15) is 35.5 Å². The molecule has 1 unspecified atom stereocenters. The normalized spacial score (nSPS) is 18.2. The van der Waals surface area contributed by atoms with Gasteiger partial charge in [0.05, 0.1) is 27.9 Å². The van der Waals surface area contributed by atoms with Gasteiger partial charge in [-0.05, 0) is 36.2 Å². The van der Waals surface area contributed by atoms with Gasteiger partial charge in [-0.1, -0.05) is 35.6 Å². The zero-order chi connectivity index (χ0) is 39.1. The fourth-order valence-electron chi connectivity index (χ4n) is 7.32. The Morgan fingerprint density at radius 2 is 1.82 bits per heavy atom. The molecule has 0 aliphatic heterocycles. The highest BCUT2D eigenvalue weighted by Gasteiger charge is 2.61. The zero-order valence-electron chi connectivity index (χ0n) is 28.3. The van der Waals surface area contributed by atoms with Crippen LogP contribution in [0, 0.1) is 17.6 Å². The molecule has 2 aliphatic rings. The molecular weight excluding hydrogens is 780 g/mol. The quantitative estimate of drug-likeness (QED) is 0.0671. The molecule has 0 bridgehead atoms. The number of para-hydroxylation sites is 1. The third kappa shape index (κ3) is 6.28. The van der Waals surface area contributed by atoms with E-state index >= 15 is 8.78 Å². The number of carbonyl (C=O) groups is 1. The van der Waals surface area contributed by atoms with Crippen molar-refractivity contribution in [1.29, 1.82) is 0 Å². The van der Waals surface area contributed by atoms with E-state index in [1.807, 2.05) is 0 Å².